The lowest BCUT2D eigenvalue weighted by molar-refractivity contribution is 0.590. The SMILES string of the molecule is C=CCn1c(SCc2ccc(C(C)(C)C)cc2)nc2sc3c(c2c1=O)CCC3. The summed E-state index contributed by atoms with van der Waals surface area (Å²) in [6.07, 6.45) is 5.02. The van der Waals surface area contributed by atoms with Crippen molar-refractivity contribution in [3.63, 3.8) is 0 Å². The number of rotatable bonds is 5. The Bertz CT molecular complexity index is 1080. The normalized spacial score (nSPS) is 13.8. The summed E-state index contributed by atoms with van der Waals surface area (Å²) >= 11 is 3.34. The van der Waals surface area contributed by atoms with Crippen LogP contribution in [0.15, 0.2) is 46.9 Å². The number of aromatic nitrogens is 2. The van der Waals surface area contributed by atoms with Gasteiger partial charge in [-0.1, -0.05) is 62.9 Å². The molecule has 2 aromatic heterocycles. The fraction of sp³-hybridized carbons (Fsp3) is 0.391. The summed E-state index contributed by atoms with van der Waals surface area (Å²) < 4.78 is 1.79. The quantitative estimate of drug-likeness (QED) is 0.306. The van der Waals surface area contributed by atoms with Gasteiger partial charge in [-0.05, 0) is 41.4 Å². The fourth-order valence-electron chi connectivity index (χ4n) is 3.71. The van der Waals surface area contributed by atoms with Gasteiger partial charge >= 0.3 is 0 Å². The van der Waals surface area contributed by atoms with Crippen LogP contribution in [0.4, 0.5) is 0 Å². The Kier molecular flexibility index (Phi) is 5.23. The van der Waals surface area contributed by atoms with Crippen molar-refractivity contribution in [3.8, 4) is 0 Å². The fourth-order valence-corrected chi connectivity index (χ4v) is 5.97. The summed E-state index contributed by atoms with van der Waals surface area (Å²) in [7, 11) is 0. The molecule has 0 aliphatic heterocycles. The Morgan fingerprint density at radius 3 is 2.68 bits per heavy atom. The van der Waals surface area contributed by atoms with Gasteiger partial charge in [0.1, 0.15) is 4.83 Å². The Morgan fingerprint density at radius 2 is 2.00 bits per heavy atom. The zero-order valence-electron chi connectivity index (χ0n) is 16.7. The molecule has 2 heterocycles. The maximum Gasteiger partial charge on any atom is 0.263 e. The maximum absolute atomic E-state index is 13.2. The van der Waals surface area contributed by atoms with Crippen LogP contribution in [0.25, 0.3) is 10.2 Å². The highest BCUT2D eigenvalue weighted by molar-refractivity contribution is 7.98. The first-order chi connectivity index (χ1) is 13.4. The lowest BCUT2D eigenvalue weighted by Crippen LogP contribution is -2.22. The van der Waals surface area contributed by atoms with Crippen molar-refractivity contribution in [1.82, 2.24) is 9.55 Å². The van der Waals surface area contributed by atoms with Gasteiger partial charge in [0, 0.05) is 17.2 Å². The number of thiophene rings is 1. The van der Waals surface area contributed by atoms with E-state index >= 15 is 0 Å². The molecule has 28 heavy (non-hydrogen) atoms. The molecule has 0 fully saturated rings. The summed E-state index contributed by atoms with van der Waals surface area (Å²) in [6.45, 7) is 11.0. The first-order valence-corrected chi connectivity index (χ1v) is 11.6. The number of hydrogen-bond acceptors (Lipinski definition) is 4. The van der Waals surface area contributed by atoms with E-state index in [1.165, 1.54) is 21.6 Å². The lowest BCUT2D eigenvalue weighted by Gasteiger charge is -2.19. The van der Waals surface area contributed by atoms with E-state index < -0.39 is 0 Å². The molecule has 3 aromatic rings. The van der Waals surface area contributed by atoms with Gasteiger partial charge in [0.15, 0.2) is 5.16 Å². The highest BCUT2D eigenvalue weighted by Gasteiger charge is 2.23. The van der Waals surface area contributed by atoms with E-state index in [2.05, 4.69) is 51.6 Å². The predicted molar refractivity (Wildman–Crippen MR) is 121 cm³/mol. The minimum Gasteiger partial charge on any atom is -0.283 e. The van der Waals surface area contributed by atoms with Gasteiger partial charge in [0.05, 0.1) is 5.39 Å². The van der Waals surface area contributed by atoms with Gasteiger partial charge in [0.2, 0.25) is 0 Å². The average Bonchev–Trinajstić information content (AvgIpc) is 3.23. The monoisotopic (exact) mass is 410 g/mol. The second-order valence-electron chi connectivity index (χ2n) is 8.37. The van der Waals surface area contributed by atoms with Crippen LogP contribution in [0.5, 0.6) is 0 Å². The van der Waals surface area contributed by atoms with E-state index in [4.69, 9.17) is 4.98 Å². The molecule has 1 aromatic carbocycles. The van der Waals surface area contributed by atoms with E-state index in [0.717, 1.165) is 40.4 Å². The van der Waals surface area contributed by atoms with E-state index in [0.29, 0.717) is 6.54 Å². The van der Waals surface area contributed by atoms with Crippen LogP contribution in [-0.4, -0.2) is 9.55 Å². The molecule has 3 nitrogen and oxygen atoms in total. The predicted octanol–water partition coefficient (Wildman–Crippen LogP) is 5.72. The van der Waals surface area contributed by atoms with Crippen LogP contribution in [0.2, 0.25) is 0 Å². The Hall–Kier alpha value is -1.85. The molecular weight excluding hydrogens is 384 g/mol. The van der Waals surface area contributed by atoms with Gasteiger partial charge in [-0.3, -0.25) is 9.36 Å². The average molecular weight is 411 g/mol. The zero-order chi connectivity index (χ0) is 19.9. The molecule has 0 atom stereocenters. The number of fused-ring (bicyclic) bond motifs is 3. The summed E-state index contributed by atoms with van der Waals surface area (Å²) in [4.78, 5) is 20.3. The standard InChI is InChI=1S/C23H26N2OS2/c1-5-13-25-21(26)19-17-7-6-8-18(17)28-20(19)24-22(25)27-14-15-9-11-16(12-10-15)23(2,3)4/h5,9-12H,1,6-8,13-14H2,2-4H3. The van der Waals surface area contributed by atoms with Crippen LogP contribution in [0.1, 0.15) is 48.8 Å². The third-order valence-corrected chi connectivity index (χ3v) is 7.52. The third-order valence-electron chi connectivity index (χ3n) is 5.29. The second-order valence-corrected chi connectivity index (χ2v) is 10.4. The first-order valence-electron chi connectivity index (χ1n) is 9.76. The molecule has 1 aliphatic rings. The topological polar surface area (TPSA) is 34.9 Å². The largest absolute Gasteiger partial charge is 0.283 e. The third kappa shape index (κ3) is 3.58. The van der Waals surface area contributed by atoms with Crippen LogP contribution in [0, 0.1) is 0 Å². The van der Waals surface area contributed by atoms with Crippen LogP contribution < -0.4 is 5.56 Å². The number of hydrogen-bond donors (Lipinski definition) is 0. The Morgan fingerprint density at radius 1 is 1.25 bits per heavy atom. The molecule has 4 rings (SSSR count). The molecule has 146 valence electrons. The minimum absolute atomic E-state index is 0.0925. The van der Waals surface area contributed by atoms with Crippen molar-refractivity contribution in [2.24, 2.45) is 0 Å². The maximum atomic E-state index is 13.2. The molecule has 1 aliphatic carbocycles. The number of allylic oxidation sites excluding steroid dienone is 1. The highest BCUT2D eigenvalue weighted by Crippen LogP contribution is 2.36. The van der Waals surface area contributed by atoms with E-state index in [1.54, 1.807) is 33.7 Å². The smallest absolute Gasteiger partial charge is 0.263 e. The van der Waals surface area contributed by atoms with Crippen molar-refractivity contribution >= 4 is 33.3 Å². The van der Waals surface area contributed by atoms with Gasteiger partial charge in [-0.25, -0.2) is 4.98 Å². The van der Waals surface area contributed by atoms with E-state index in [1.807, 2.05) is 0 Å². The zero-order valence-corrected chi connectivity index (χ0v) is 18.4. The number of benzene rings is 1. The second kappa shape index (κ2) is 7.53. The summed E-state index contributed by atoms with van der Waals surface area (Å²) in [5.74, 6) is 0.796. The molecule has 0 amide bonds. The van der Waals surface area contributed by atoms with Crippen LogP contribution >= 0.6 is 23.1 Å². The van der Waals surface area contributed by atoms with Gasteiger partial charge < -0.3 is 0 Å². The molecule has 0 unspecified atom stereocenters. The van der Waals surface area contributed by atoms with Crippen molar-refractivity contribution in [2.45, 2.75) is 62.9 Å². The Balaban J connectivity index is 1.65. The highest BCUT2D eigenvalue weighted by atomic mass is 32.2. The lowest BCUT2D eigenvalue weighted by atomic mass is 9.87. The molecule has 0 saturated heterocycles. The van der Waals surface area contributed by atoms with Crippen molar-refractivity contribution in [2.75, 3.05) is 0 Å². The number of thioether (sulfide) groups is 1. The molecule has 0 bridgehead atoms. The van der Waals surface area contributed by atoms with Crippen molar-refractivity contribution in [1.29, 1.82) is 0 Å². The summed E-state index contributed by atoms with van der Waals surface area (Å²) in [6, 6.07) is 8.77. The van der Waals surface area contributed by atoms with Gasteiger partial charge in [-0.2, -0.15) is 0 Å². The molecule has 0 radical (unpaired) electrons. The number of aryl methyl sites for hydroxylation is 2. The number of nitrogens with zero attached hydrogens (tertiary/aromatic N) is 2. The van der Waals surface area contributed by atoms with E-state index in [9.17, 15) is 4.79 Å². The summed E-state index contributed by atoms with van der Waals surface area (Å²) in [5, 5.41) is 1.63. The van der Waals surface area contributed by atoms with Crippen molar-refractivity contribution < 1.29 is 0 Å². The van der Waals surface area contributed by atoms with Gasteiger partial charge in [0.25, 0.3) is 5.56 Å². The van der Waals surface area contributed by atoms with Gasteiger partial charge in [-0.15, -0.1) is 17.9 Å². The molecular formula is C23H26N2OS2. The molecule has 0 N–H and O–H groups in total. The van der Waals surface area contributed by atoms with Crippen molar-refractivity contribution in [3.05, 3.63) is 68.8 Å². The first kappa shape index (κ1) is 19.5. The minimum atomic E-state index is 0.0925. The van der Waals surface area contributed by atoms with E-state index in [-0.39, 0.29) is 11.0 Å². The van der Waals surface area contributed by atoms with Crippen LogP contribution in [-0.2, 0) is 30.6 Å². The Labute approximate surface area is 174 Å². The summed E-state index contributed by atoms with van der Waals surface area (Å²) in [5.41, 5.74) is 4.06. The molecule has 0 spiro atoms. The molecule has 5 heteroatoms. The van der Waals surface area contributed by atoms with Crippen LogP contribution in [0.3, 0.4) is 0 Å². The molecule has 0 saturated carbocycles.